The van der Waals surface area contributed by atoms with E-state index in [0.717, 1.165) is 24.3 Å². The summed E-state index contributed by atoms with van der Waals surface area (Å²) in [4.78, 5) is 0. The van der Waals surface area contributed by atoms with E-state index in [9.17, 15) is 0 Å². The maximum atomic E-state index is 5.74. The second-order valence-electron chi connectivity index (χ2n) is 5.15. The standard InChI is InChI=1S/C11H21N/c1-8-3-4-11(9(2)5-8)6-10(11)7-12/h8-10H,3-7,12H2,1-2H3. The predicted molar refractivity (Wildman–Crippen MR) is 51.8 cm³/mol. The normalized spacial score (nSPS) is 52.8. The molecule has 0 aromatic carbocycles. The Morgan fingerprint density at radius 1 is 1.42 bits per heavy atom. The predicted octanol–water partition coefficient (Wildman–Crippen LogP) is 2.41. The minimum absolute atomic E-state index is 0.710. The van der Waals surface area contributed by atoms with E-state index in [0.29, 0.717) is 5.41 Å². The summed E-state index contributed by atoms with van der Waals surface area (Å²) in [5.74, 6) is 2.78. The smallest absolute Gasteiger partial charge is 0.00432 e. The van der Waals surface area contributed by atoms with Gasteiger partial charge in [0, 0.05) is 0 Å². The van der Waals surface area contributed by atoms with Crippen molar-refractivity contribution >= 4 is 0 Å². The van der Waals surface area contributed by atoms with Crippen LogP contribution in [-0.2, 0) is 0 Å². The lowest BCUT2D eigenvalue weighted by Crippen LogP contribution is -2.26. The van der Waals surface area contributed by atoms with Crippen LogP contribution in [0.5, 0.6) is 0 Å². The van der Waals surface area contributed by atoms with E-state index in [4.69, 9.17) is 5.73 Å². The second kappa shape index (κ2) is 2.73. The van der Waals surface area contributed by atoms with Crippen LogP contribution in [0.3, 0.4) is 0 Å². The van der Waals surface area contributed by atoms with Crippen LogP contribution in [0, 0.1) is 23.2 Å². The van der Waals surface area contributed by atoms with Gasteiger partial charge >= 0.3 is 0 Å². The highest BCUT2D eigenvalue weighted by Crippen LogP contribution is 2.64. The molecule has 0 heterocycles. The van der Waals surface area contributed by atoms with Crippen LogP contribution >= 0.6 is 0 Å². The first kappa shape index (κ1) is 8.55. The Balaban J connectivity index is 2.00. The van der Waals surface area contributed by atoms with Crippen molar-refractivity contribution in [3.05, 3.63) is 0 Å². The van der Waals surface area contributed by atoms with Gasteiger partial charge in [-0.25, -0.2) is 0 Å². The molecule has 12 heavy (non-hydrogen) atoms. The summed E-state index contributed by atoms with van der Waals surface area (Å²) < 4.78 is 0. The molecule has 2 rings (SSSR count). The molecule has 2 aliphatic carbocycles. The van der Waals surface area contributed by atoms with E-state index >= 15 is 0 Å². The zero-order valence-corrected chi connectivity index (χ0v) is 8.34. The Hall–Kier alpha value is -0.0400. The van der Waals surface area contributed by atoms with Crippen molar-refractivity contribution in [2.75, 3.05) is 6.54 Å². The quantitative estimate of drug-likeness (QED) is 0.637. The zero-order chi connectivity index (χ0) is 8.77. The largest absolute Gasteiger partial charge is 0.330 e. The van der Waals surface area contributed by atoms with E-state index in [2.05, 4.69) is 13.8 Å². The fourth-order valence-corrected chi connectivity index (χ4v) is 3.35. The molecule has 0 radical (unpaired) electrons. The van der Waals surface area contributed by atoms with Crippen molar-refractivity contribution in [1.82, 2.24) is 0 Å². The van der Waals surface area contributed by atoms with E-state index < -0.39 is 0 Å². The number of hydrogen-bond acceptors (Lipinski definition) is 1. The summed E-state index contributed by atoms with van der Waals surface area (Å²) in [6.07, 6.45) is 5.77. The third-order valence-corrected chi connectivity index (χ3v) is 4.40. The van der Waals surface area contributed by atoms with Gasteiger partial charge < -0.3 is 5.73 Å². The maximum Gasteiger partial charge on any atom is -0.00432 e. The highest BCUT2D eigenvalue weighted by atomic mass is 14.7. The molecule has 0 amide bonds. The molecule has 70 valence electrons. The van der Waals surface area contributed by atoms with Gasteiger partial charge in [-0.15, -0.1) is 0 Å². The van der Waals surface area contributed by atoms with Crippen LogP contribution in [0.2, 0.25) is 0 Å². The van der Waals surface area contributed by atoms with Crippen molar-refractivity contribution in [2.45, 2.75) is 39.5 Å². The molecule has 2 saturated carbocycles. The SMILES string of the molecule is CC1CCC2(CC2CN)C(C)C1. The van der Waals surface area contributed by atoms with Crippen molar-refractivity contribution in [3.8, 4) is 0 Å². The zero-order valence-electron chi connectivity index (χ0n) is 8.34. The van der Waals surface area contributed by atoms with Gasteiger partial charge in [-0.3, -0.25) is 0 Å². The van der Waals surface area contributed by atoms with Crippen molar-refractivity contribution < 1.29 is 0 Å². The monoisotopic (exact) mass is 167 g/mol. The molecule has 0 aromatic rings. The minimum Gasteiger partial charge on any atom is -0.330 e. The molecule has 0 aromatic heterocycles. The minimum atomic E-state index is 0.710. The number of hydrogen-bond donors (Lipinski definition) is 1. The van der Waals surface area contributed by atoms with Gasteiger partial charge in [-0.05, 0) is 49.0 Å². The van der Waals surface area contributed by atoms with E-state index in [-0.39, 0.29) is 0 Å². The molecule has 1 nitrogen and oxygen atoms in total. The summed E-state index contributed by atoms with van der Waals surface area (Å²) in [6, 6.07) is 0. The van der Waals surface area contributed by atoms with Crippen LogP contribution < -0.4 is 5.73 Å². The maximum absolute atomic E-state index is 5.74. The first-order valence-corrected chi connectivity index (χ1v) is 5.39. The van der Waals surface area contributed by atoms with Crippen LogP contribution in [0.25, 0.3) is 0 Å². The van der Waals surface area contributed by atoms with Crippen LogP contribution in [-0.4, -0.2) is 6.54 Å². The molecule has 4 unspecified atom stereocenters. The molecule has 2 aliphatic rings. The van der Waals surface area contributed by atoms with Gasteiger partial charge in [0.15, 0.2) is 0 Å². The Bertz CT molecular complexity index is 178. The molecule has 4 atom stereocenters. The summed E-state index contributed by atoms with van der Waals surface area (Å²) in [7, 11) is 0. The molecule has 0 aliphatic heterocycles. The lowest BCUT2D eigenvalue weighted by atomic mass is 9.72. The topological polar surface area (TPSA) is 26.0 Å². The first-order chi connectivity index (χ1) is 5.69. The fraction of sp³-hybridized carbons (Fsp3) is 1.00. The molecule has 2 N–H and O–H groups in total. The molecule has 1 heteroatoms. The Morgan fingerprint density at radius 2 is 2.17 bits per heavy atom. The molecule has 2 fully saturated rings. The summed E-state index contributed by atoms with van der Waals surface area (Å²) in [6.45, 7) is 5.76. The van der Waals surface area contributed by atoms with E-state index in [1.807, 2.05) is 0 Å². The molecule has 0 bridgehead atoms. The van der Waals surface area contributed by atoms with Gasteiger partial charge in [0.1, 0.15) is 0 Å². The molecule has 0 saturated heterocycles. The van der Waals surface area contributed by atoms with Gasteiger partial charge in [-0.2, -0.15) is 0 Å². The fourth-order valence-electron chi connectivity index (χ4n) is 3.35. The second-order valence-corrected chi connectivity index (χ2v) is 5.15. The third-order valence-electron chi connectivity index (χ3n) is 4.40. The van der Waals surface area contributed by atoms with E-state index in [1.165, 1.54) is 25.7 Å². The van der Waals surface area contributed by atoms with Gasteiger partial charge in [0.2, 0.25) is 0 Å². The highest BCUT2D eigenvalue weighted by Gasteiger charge is 2.57. The average Bonchev–Trinajstić information content (AvgIpc) is 2.74. The summed E-state index contributed by atoms with van der Waals surface area (Å²) >= 11 is 0. The van der Waals surface area contributed by atoms with Crippen molar-refractivity contribution in [3.63, 3.8) is 0 Å². The number of rotatable bonds is 1. The van der Waals surface area contributed by atoms with Crippen LogP contribution in [0.1, 0.15) is 39.5 Å². The molecular formula is C11H21N. The molecular weight excluding hydrogens is 146 g/mol. The highest BCUT2D eigenvalue weighted by molar-refractivity contribution is 5.07. The third kappa shape index (κ3) is 1.10. The Morgan fingerprint density at radius 3 is 2.67 bits per heavy atom. The number of nitrogens with two attached hydrogens (primary N) is 1. The van der Waals surface area contributed by atoms with Crippen molar-refractivity contribution in [1.29, 1.82) is 0 Å². The average molecular weight is 167 g/mol. The lowest BCUT2D eigenvalue weighted by Gasteiger charge is -2.34. The van der Waals surface area contributed by atoms with Crippen LogP contribution in [0.15, 0.2) is 0 Å². The Labute approximate surface area is 75.7 Å². The summed E-state index contributed by atoms with van der Waals surface area (Å²) in [5.41, 5.74) is 6.45. The van der Waals surface area contributed by atoms with Crippen LogP contribution in [0.4, 0.5) is 0 Å². The molecule has 1 spiro atoms. The van der Waals surface area contributed by atoms with Gasteiger partial charge in [0.05, 0.1) is 0 Å². The lowest BCUT2D eigenvalue weighted by molar-refractivity contribution is 0.167. The van der Waals surface area contributed by atoms with E-state index in [1.54, 1.807) is 0 Å². The first-order valence-electron chi connectivity index (χ1n) is 5.39. The summed E-state index contributed by atoms with van der Waals surface area (Å²) in [5, 5.41) is 0. The van der Waals surface area contributed by atoms with Crippen molar-refractivity contribution in [2.24, 2.45) is 28.9 Å². The van der Waals surface area contributed by atoms with Gasteiger partial charge in [-0.1, -0.05) is 20.3 Å². The van der Waals surface area contributed by atoms with Gasteiger partial charge in [0.25, 0.3) is 0 Å². The Kier molecular flexibility index (Phi) is 1.95.